The van der Waals surface area contributed by atoms with Gasteiger partial charge in [0, 0.05) is 32.6 Å². The van der Waals surface area contributed by atoms with Crippen molar-refractivity contribution in [1.29, 1.82) is 0 Å². The molecule has 1 aromatic carbocycles. The van der Waals surface area contributed by atoms with Gasteiger partial charge in [0.2, 0.25) is 0 Å². The van der Waals surface area contributed by atoms with Gasteiger partial charge in [-0.25, -0.2) is 14.6 Å². The number of fused-ring (bicyclic) bond motifs is 1. The molecular weight excluding hydrogens is 312 g/mol. The summed E-state index contributed by atoms with van der Waals surface area (Å²) in [5, 5.41) is 5.86. The van der Waals surface area contributed by atoms with E-state index in [9.17, 15) is 0 Å². The smallest absolute Gasteiger partial charge is 0.168 e. The predicted octanol–water partition coefficient (Wildman–Crippen LogP) is 2.44. The quantitative estimate of drug-likeness (QED) is 0.735. The summed E-state index contributed by atoms with van der Waals surface area (Å²) in [6.45, 7) is 8.24. The molecule has 1 fully saturated rings. The lowest BCUT2D eigenvalue weighted by atomic mass is 10.2. The van der Waals surface area contributed by atoms with Gasteiger partial charge in [0.1, 0.15) is 11.6 Å². The fourth-order valence-electron chi connectivity index (χ4n) is 3.36. The molecule has 0 atom stereocenters. The Morgan fingerprint density at radius 2 is 1.72 bits per heavy atom. The molecule has 3 heterocycles. The summed E-state index contributed by atoms with van der Waals surface area (Å²) in [5.41, 5.74) is 2.92. The van der Waals surface area contributed by atoms with Gasteiger partial charge < -0.3 is 9.80 Å². The molecule has 1 aliphatic rings. The molecule has 4 rings (SSSR count). The molecule has 0 saturated carbocycles. The van der Waals surface area contributed by atoms with Crippen LogP contribution in [0.5, 0.6) is 0 Å². The highest BCUT2D eigenvalue weighted by Gasteiger charge is 2.23. The number of piperazine rings is 1. The molecule has 0 unspecified atom stereocenters. The minimum absolute atomic E-state index is 0.815. The number of rotatable bonds is 3. The van der Waals surface area contributed by atoms with Gasteiger partial charge in [-0.1, -0.05) is 25.1 Å². The highest BCUT2D eigenvalue weighted by atomic mass is 15.3. The van der Waals surface area contributed by atoms with E-state index in [0.717, 1.165) is 66.7 Å². The number of aromatic nitrogens is 4. The minimum Gasteiger partial charge on any atom is -0.353 e. The molecule has 25 heavy (non-hydrogen) atoms. The zero-order valence-electron chi connectivity index (χ0n) is 15.1. The molecule has 0 spiro atoms. The minimum atomic E-state index is 0.815. The van der Waals surface area contributed by atoms with Gasteiger partial charge in [0.25, 0.3) is 0 Å². The number of anilines is 1. The zero-order chi connectivity index (χ0) is 17.4. The van der Waals surface area contributed by atoms with Crippen LogP contribution in [0.1, 0.15) is 18.4 Å². The van der Waals surface area contributed by atoms with Crippen LogP contribution in [-0.4, -0.2) is 57.9 Å². The van der Waals surface area contributed by atoms with Crippen LogP contribution in [-0.2, 0) is 6.42 Å². The van der Waals surface area contributed by atoms with E-state index in [2.05, 4.69) is 42.8 Å². The first-order chi connectivity index (χ1) is 12.2. The molecule has 0 aliphatic carbocycles. The number of hydrogen-bond acceptors (Lipinski definition) is 5. The highest BCUT2D eigenvalue weighted by Crippen LogP contribution is 2.29. The van der Waals surface area contributed by atoms with E-state index < -0.39 is 0 Å². The molecule has 6 heteroatoms. The summed E-state index contributed by atoms with van der Waals surface area (Å²) < 4.78 is 1.95. The van der Waals surface area contributed by atoms with Crippen molar-refractivity contribution in [1.82, 2.24) is 24.6 Å². The molecule has 1 aliphatic heterocycles. The molecule has 0 N–H and O–H groups in total. The lowest BCUT2D eigenvalue weighted by molar-refractivity contribution is 0.312. The summed E-state index contributed by atoms with van der Waals surface area (Å²) in [4.78, 5) is 14.4. The highest BCUT2D eigenvalue weighted by molar-refractivity contribution is 5.91. The van der Waals surface area contributed by atoms with Gasteiger partial charge >= 0.3 is 0 Å². The second-order valence-corrected chi connectivity index (χ2v) is 6.64. The normalized spacial score (nSPS) is 15.9. The standard InChI is InChI=1S/C19H24N6/c1-4-16-20-18(24-12-10-23(3)11-13-24)17-14(2)22-25(19(17)21-16)15-8-6-5-7-9-15/h5-9H,4,10-13H2,1-3H3. The predicted molar refractivity (Wildman–Crippen MR) is 100 cm³/mol. The van der Waals surface area contributed by atoms with E-state index in [1.165, 1.54) is 0 Å². The summed E-state index contributed by atoms with van der Waals surface area (Å²) in [7, 11) is 2.17. The number of likely N-dealkylation sites (N-methyl/N-ethyl adjacent to an activating group) is 1. The number of hydrogen-bond donors (Lipinski definition) is 0. The monoisotopic (exact) mass is 336 g/mol. The maximum atomic E-state index is 4.88. The topological polar surface area (TPSA) is 50.1 Å². The van der Waals surface area contributed by atoms with Crippen LogP contribution in [0.15, 0.2) is 30.3 Å². The first-order valence-corrected chi connectivity index (χ1v) is 8.92. The van der Waals surface area contributed by atoms with E-state index in [1.807, 2.05) is 22.9 Å². The van der Waals surface area contributed by atoms with Crippen molar-refractivity contribution in [2.75, 3.05) is 38.1 Å². The van der Waals surface area contributed by atoms with Crippen molar-refractivity contribution in [2.24, 2.45) is 0 Å². The number of benzene rings is 1. The van der Waals surface area contributed by atoms with Crippen LogP contribution < -0.4 is 4.90 Å². The van der Waals surface area contributed by atoms with E-state index in [1.54, 1.807) is 0 Å². The first-order valence-electron chi connectivity index (χ1n) is 8.92. The van der Waals surface area contributed by atoms with Crippen LogP contribution in [0.25, 0.3) is 16.7 Å². The van der Waals surface area contributed by atoms with Gasteiger partial charge in [-0.15, -0.1) is 0 Å². The van der Waals surface area contributed by atoms with Gasteiger partial charge in [-0.3, -0.25) is 0 Å². The average Bonchev–Trinajstić information content (AvgIpc) is 2.99. The Bertz CT molecular complexity index is 878. The maximum absolute atomic E-state index is 4.88. The third kappa shape index (κ3) is 2.87. The van der Waals surface area contributed by atoms with Crippen LogP contribution >= 0.6 is 0 Å². The third-order valence-corrected chi connectivity index (χ3v) is 4.85. The molecule has 3 aromatic rings. The van der Waals surface area contributed by atoms with E-state index in [4.69, 9.17) is 15.1 Å². The van der Waals surface area contributed by atoms with Gasteiger partial charge in [-0.05, 0) is 26.1 Å². The Kier molecular flexibility index (Phi) is 4.13. The summed E-state index contributed by atoms with van der Waals surface area (Å²) in [5.74, 6) is 1.91. The van der Waals surface area contributed by atoms with Crippen LogP contribution in [0, 0.1) is 6.92 Å². The average molecular weight is 336 g/mol. The molecule has 6 nitrogen and oxygen atoms in total. The van der Waals surface area contributed by atoms with E-state index >= 15 is 0 Å². The Hall–Kier alpha value is -2.47. The second kappa shape index (κ2) is 6.44. The maximum Gasteiger partial charge on any atom is 0.168 e. The van der Waals surface area contributed by atoms with Crippen molar-refractivity contribution < 1.29 is 0 Å². The number of aryl methyl sites for hydroxylation is 2. The van der Waals surface area contributed by atoms with E-state index in [-0.39, 0.29) is 0 Å². The third-order valence-electron chi connectivity index (χ3n) is 4.85. The largest absolute Gasteiger partial charge is 0.353 e. The molecule has 0 amide bonds. The molecule has 2 aromatic heterocycles. The van der Waals surface area contributed by atoms with Crippen LogP contribution in [0.2, 0.25) is 0 Å². The van der Waals surface area contributed by atoms with Gasteiger partial charge in [0.15, 0.2) is 5.65 Å². The fraction of sp³-hybridized carbons (Fsp3) is 0.421. The van der Waals surface area contributed by atoms with Crippen molar-refractivity contribution >= 4 is 16.9 Å². The molecule has 1 saturated heterocycles. The lowest BCUT2D eigenvalue weighted by Crippen LogP contribution is -2.45. The van der Waals surface area contributed by atoms with Crippen LogP contribution in [0.3, 0.4) is 0 Å². The second-order valence-electron chi connectivity index (χ2n) is 6.64. The van der Waals surface area contributed by atoms with Gasteiger partial charge in [-0.2, -0.15) is 5.10 Å². The molecule has 130 valence electrons. The first kappa shape index (κ1) is 16.0. The summed E-state index contributed by atoms with van der Waals surface area (Å²) in [6, 6.07) is 10.2. The van der Waals surface area contributed by atoms with Crippen molar-refractivity contribution in [3.8, 4) is 5.69 Å². The van der Waals surface area contributed by atoms with Crippen molar-refractivity contribution in [2.45, 2.75) is 20.3 Å². The Labute approximate surface area is 148 Å². The zero-order valence-corrected chi connectivity index (χ0v) is 15.1. The van der Waals surface area contributed by atoms with Gasteiger partial charge in [0.05, 0.1) is 16.8 Å². The van der Waals surface area contributed by atoms with Crippen LogP contribution in [0.4, 0.5) is 5.82 Å². The Morgan fingerprint density at radius 1 is 1.00 bits per heavy atom. The molecule has 0 radical (unpaired) electrons. The fourth-order valence-corrected chi connectivity index (χ4v) is 3.36. The molecule has 0 bridgehead atoms. The lowest BCUT2D eigenvalue weighted by Gasteiger charge is -2.33. The summed E-state index contributed by atoms with van der Waals surface area (Å²) >= 11 is 0. The van der Waals surface area contributed by atoms with Crippen molar-refractivity contribution in [3.63, 3.8) is 0 Å². The number of para-hydroxylation sites is 1. The Balaban J connectivity index is 1.90. The summed E-state index contributed by atoms with van der Waals surface area (Å²) in [6.07, 6.45) is 0.815. The SMILES string of the molecule is CCc1nc(N2CCN(C)CC2)c2c(C)nn(-c3ccccc3)c2n1. The van der Waals surface area contributed by atoms with E-state index in [0.29, 0.717) is 0 Å². The molecular formula is C19H24N6. The Morgan fingerprint density at radius 3 is 2.40 bits per heavy atom. The number of nitrogens with zero attached hydrogens (tertiary/aromatic N) is 6. The van der Waals surface area contributed by atoms with Crippen molar-refractivity contribution in [3.05, 3.63) is 41.9 Å².